The number of nitriles is 1. The molecule has 1 aliphatic rings. The largest absolute Gasteiger partial charge is 0.495 e. The topological polar surface area (TPSA) is 164 Å². The second-order valence-electron chi connectivity index (χ2n) is 13.2. The number of methoxy groups -OCH3 is 1. The van der Waals surface area contributed by atoms with E-state index in [2.05, 4.69) is 16.1 Å². The Morgan fingerprint density at radius 1 is 1.06 bits per heavy atom. The molecule has 11 nitrogen and oxygen atoms in total. The summed E-state index contributed by atoms with van der Waals surface area (Å²) < 4.78 is 46.8. The Morgan fingerprint density at radius 2 is 1.78 bits per heavy atom. The second kappa shape index (κ2) is 16.0. The van der Waals surface area contributed by atoms with Crippen LogP contribution in [-0.2, 0) is 24.5 Å². The highest BCUT2D eigenvalue weighted by molar-refractivity contribution is 6.31. The molecule has 0 spiro atoms. The van der Waals surface area contributed by atoms with Crippen molar-refractivity contribution in [2.45, 2.75) is 44.9 Å². The van der Waals surface area contributed by atoms with Crippen molar-refractivity contribution in [1.29, 1.82) is 5.26 Å². The lowest BCUT2D eigenvalue weighted by Gasteiger charge is -2.38. The van der Waals surface area contributed by atoms with Gasteiger partial charge in [0.15, 0.2) is 0 Å². The zero-order chi connectivity index (χ0) is 37.7. The van der Waals surface area contributed by atoms with E-state index in [-0.39, 0.29) is 50.0 Å². The van der Waals surface area contributed by atoms with Crippen molar-refractivity contribution in [3.63, 3.8) is 0 Å². The molecule has 0 unspecified atom stereocenters. The molecule has 1 fully saturated rings. The quantitative estimate of drug-likeness (QED) is 0.133. The third kappa shape index (κ3) is 8.69. The van der Waals surface area contributed by atoms with E-state index in [1.165, 1.54) is 55.6 Å². The Morgan fingerprint density at radius 3 is 2.41 bits per heavy atom. The van der Waals surface area contributed by atoms with E-state index in [1.54, 1.807) is 0 Å². The first-order chi connectivity index (χ1) is 24.0. The summed E-state index contributed by atoms with van der Waals surface area (Å²) in [5.41, 5.74) is -2.11. The van der Waals surface area contributed by atoms with E-state index in [0.717, 1.165) is 6.07 Å². The summed E-state index contributed by atoms with van der Waals surface area (Å²) in [6.45, 7) is 4.34. The molecule has 1 saturated carbocycles. The van der Waals surface area contributed by atoms with Crippen LogP contribution in [0.25, 0.3) is 0 Å². The van der Waals surface area contributed by atoms with Crippen LogP contribution in [-0.4, -0.2) is 49.5 Å². The molecule has 3 aromatic carbocycles. The van der Waals surface area contributed by atoms with Crippen LogP contribution in [0, 0.1) is 40.2 Å². The average molecular weight is 747 g/mol. The lowest BCUT2D eigenvalue weighted by atomic mass is 9.62. The summed E-state index contributed by atoms with van der Waals surface area (Å²) in [6.07, 6.45) is -0.675. The number of halogens is 4. The summed E-state index contributed by atoms with van der Waals surface area (Å²) in [5, 5.41) is 24.3. The van der Waals surface area contributed by atoms with Crippen LogP contribution in [0.4, 0.5) is 19.3 Å². The van der Waals surface area contributed by atoms with Crippen LogP contribution in [0.3, 0.4) is 0 Å². The van der Waals surface area contributed by atoms with E-state index < -0.39 is 72.1 Å². The summed E-state index contributed by atoms with van der Waals surface area (Å²) >= 11 is 12.3. The molecule has 0 aliphatic heterocycles. The van der Waals surface area contributed by atoms with Gasteiger partial charge in [0.2, 0.25) is 12.7 Å². The predicted octanol–water partition coefficient (Wildman–Crippen LogP) is 7.46. The third-order valence-corrected chi connectivity index (χ3v) is 9.14. The van der Waals surface area contributed by atoms with E-state index in [1.807, 2.05) is 26.1 Å². The number of aliphatic carboxylic acids is 1. The highest BCUT2D eigenvalue weighted by Crippen LogP contribution is 2.61. The van der Waals surface area contributed by atoms with E-state index in [0.29, 0.717) is 6.42 Å². The van der Waals surface area contributed by atoms with Gasteiger partial charge in [0.1, 0.15) is 23.9 Å². The van der Waals surface area contributed by atoms with Crippen molar-refractivity contribution in [3.05, 3.63) is 93.0 Å². The molecule has 4 atom stereocenters. The molecule has 270 valence electrons. The molecule has 0 radical (unpaired) electrons. The predicted molar refractivity (Wildman–Crippen MR) is 183 cm³/mol. The number of esters is 1. The van der Waals surface area contributed by atoms with Gasteiger partial charge in [-0.15, -0.1) is 0 Å². The highest BCUT2D eigenvalue weighted by atomic mass is 35.5. The zero-order valence-corrected chi connectivity index (χ0v) is 29.5. The van der Waals surface area contributed by atoms with Crippen LogP contribution in [0.5, 0.6) is 5.75 Å². The number of hydrogen-bond donors (Lipinski definition) is 3. The monoisotopic (exact) mass is 745 g/mol. The number of carboxylic acid groups (broad SMARTS) is 1. The van der Waals surface area contributed by atoms with Crippen molar-refractivity contribution >= 4 is 52.8 Å². The van der Waals surface area contributed by atoms with Gasteiger partial charge in [0.25, 0.3) is 0 Å². The molecule has 0 bridgehead atoms. The first-order valence-electron chi connectivity index (χ1n) is 15.6. The van der Waals surface area contributed by atoms with Gasteiger partial charge in [-0.1, -0.05) is 62.2 Å². The van der Waals surface area contributed by atoms with Crippen LogP contribution >= 0.6 is 23.2 Å². The molecule has 3 aromatic rings. The molecule has 0 aromatic heterocycles. The minimum atomic E-state index is -1.74. The van der Waals surface area contributed by atoms with Crippen molar-refractivity contribution in [1.82, 2.24) is 5.32 Å². The Labute approximate surface area is 302 Å². The number of amides is 2. The summed E-state index contributed by atoms with van der Waals surface area (Å²) in [4.78, 5) is 49.0. The highest BCUT2D eigenvalue weighted by Gasteiger charge is 2.61. The Hall–Kier alpha value is -4.93. The number of carboxylic acids is 1. The zero-order valence-electron chi connectivity index (χ0n) is 28.0. The Balaban J connectivity index is 1.71. The lowest BCUT2D eigenvalue weighted by Crippen LogP contribution is -2.39. The number of ether oxygens (including phenoxy) is 3. The van der Waals surface area contributed by atoms with Gasteiger partial charge in [-0.3, -0.25) is 9.59 Å². The summed E-state index contributed by atoms with van der Waals surface area (Å²) in [6, 6.07) is 14.5. The first kappa shape index (κ1) is 38.9. The number of carbonyl (C=O) groups is 4. The van der Waals surface area contributed by atoms with E-state index in [4.69, 9.17) is 37.8 Å². The van der Waals surface area contributed by atoms with Gasteiger partial charge in [0, 0.05) is 22.4 Å². The third-order valence-electron chi connectivity index (χ3n) is 8.61. The number of nitrogens with zero attached hydrogens (tertiary/aromatic N) is 1. The smallest absolute Gasteiger partial charge is 0.410 e. The van der Waals surface area contributed by atoms with Crippen LogP contribution in [0.1, 0.15) is 61.0 Å². The van der Waals surface area contributed by atoms with Crippen LogP contribution < -0.4 is 15.4 Å². The van der Waals surface area contributed by atoms with E-state index in [9.17, 15) is 24.4 Å². The molecular formula is C36H35Cl2F2N3O8. The average Bonchev–Trinajstić information content (AvgIpc) is 3.37. The number of alkyl carbamates (subject to hydrolysis) is 1. The number of anilines is 1. The first-order valence-corrected chi connectivity index (χ1v) is 16.4. The van der Waals surface area contributed by atoms with Gasteiger partial charge < -0.3 is 30.0 Å². The molecular weight excluding hydrogens is 711 g/mol. The standard InChI is InChI=1S/C36H35Cl2F2N3O8/c1-35(2,3)15-20-13-23(30(22-6-5-7-25(38)31(22)40)36(20,17-41)24-10-9-21(37)14-26(24)39)32(46)43-27-11-8-19(12-28(27)49-4)33(47)50-18-51-34(48)42-16-29(44)45/h5-12,14,20,23,30H,13,15-16,18H2,1-4H3,(H,42,48)(H,43,46)(H,44,45)/t20-,23+,30-,36+/m0/s1. The minimum Gasteiger partial charge on any atom is -0.495 e. The second-order valence-corrected chi connectivity index (χ2v) is 14.0. The fourth-order valence-corrected chi connectivity index (χ4v) is 7.00. The van der Waals surface area contributed by atoms with Crippen molar-refractivity contribution < 1.29 is 47.3 Å². The van der Waals surface area contributed by atoms with Gasteiger partial charge >= 0.3 is 18.0 Å². The number of hydrogen-bond acceptors (Lipinski definition) is 8. The maximum Gasteiger partial charge on any atom is 0.410 e. The minimum absolute atomic E-state index is 0.0212. The van der Waals surface area contributed by atoms with Crippen molar-refractivity contribution in [2.75, 3.05) is 25.8 Å². The molecule has 0 heterocycles. The maximum atomic E-state index is 16.0. The fraction of sp³-hybridized carbons (Fsp3) is 0.361. The summed E-state index contributed by atoms with van der Waals surface area (Å²) in [5.74, 6) is -7.36. The van der Waals surface area contributed by atoms with Crippen molar-refractivity contribution in [3.8, 4) is 11.8 Å². The normalized spacial score (nSPS) is 19.8. The van der Waals surface area contributed by atoms with Gasteiger partial charge in [-0.05, 0) is 66.1 Å². The Bertz CT molecular complexity index is 1880. The molecule has 15 heteroatoms. The molecule has 4 rings (SSSR count). The summed E-state index contributed by atoms with van der Waals surface area (Å²) in [7, 11) is 1.29. The molecule has 2 amide bonds. The van der Waals surface area contributed by atoms with Crippen molar-refractivity contribution in [2.24, 2.45) is 17.3 Å². The van der Waals surface area contributed by atoms with Crippen LogP contribution in [0.2, 0.25) is 10.0 Å². The molecule has 1 aliphatic carbocycles. The Kier molecular flexibility index (Phi) is 12.2. The number of rotatable bonds is 11. The number of carbonyl (C=O) groups excluding carboxylic acids is 3. The van der Waals surface area contributed by atoms with Gasteiger partial charge in [-0.2, -0.15) is 5.26 Å². The maximum absolute atomic E-state index is 16.0. The van der Waals surface area contributed by atoms with E-state index >= 15 is 8.78 Å². The van der Waals surface area contributed by atoms with Crippen LogP contribution in [0.15, 0.2) is 54.6 Å². The SMILES string of the molecule is COc1cc(C(=O)OCOC(=O)NCC(=O)O)ccc1NC(=O)[C@@H]1C[C@@H](CC(C)(C)C)[C@](C#N)(c2ccc(Cl)cc2F)[C@H]1c1cccc(Cl)c1F. The lowest BCUT2D eigenvalue weighted by molar-refractivity contribution is -0.136. The van der Waals surface area contributed by atoms with Gasteiger partial charge in [0.05, 0.1) is 34.9 Å². The van der Waals surface area contributed by atoms with Gasteiger partial charge in [-0.25, -0.2) is 18.4 Å². The molecule has 0 saturated heterocycles. The molecule has 3 N–H and O–H groups in total. The fourth-order valence-electron chi connectivity index (χ4n) is 6.66. The number of nitrogens with one attached hydrogen (secondary N) is 2. The number of benzene rings is 3. The molecule has 51 heavy (non-hydrogen) atoms.